The summed E-state index contributed by atoms with van der Waals surface area (Å²) in [4.78, 5) is 24.7. The van der Waals surface area contributed by atoms with Crippen LogP contribution in [0.4, 0.5) is 0 Å². The number of unbranched alkanes of at least 4 members (excludes halogenated alkanes) is 72. The average Bonchev–Trinajstić information content (AvgIpc) is 3.78. The van der Waals surface area contributed by atoms with Gasteiger partial charge in [-0.2, -0.15) is 0 Å². The molecule has 6 nitrogen and oxygen atoms in total. The number of aliphatic hydroxyl groups excluding tert-OH is 2. The summed E-state index contributed by atoms with van der Waals surface area (Å²) in [7, 11) is 0. The zero-order valence-corrected chi connectivity index (χ0v) is 63.8. The fourth-order valence-corrected chi connectivity index (χ4v) is 14.2. The predicted octanol–water partition coefficient (Wildman–Crippen LogP) is 29.0. The Bertz CT molecular complexity index is 1420. The van der Waals surface area contributed by atoms with Gasteiger partial charge in [0.05, 0.1) is 25.4 Å². The first kappa shape index (κ1) is 91.6. The molecule has 0 aliphatic heterocycles. The molecule has 3 N–H and O–H groups in total. The van der Waals surface area contributed by atoms with Gasteiger partial charge in [-0.05, 0) is 32.1 Å². The van der Waals surface area contributed by atoms with Gasteiger partial charge in [0.15, 0.2) is 0 Å². The topological polar surface area (TPSA) is 95.9 Å². The number of carbonyl (C=O) groups is 2. The molecule has 0 aromatic heterocycles. The summed E-state index contributed by atoms with van der Waals surface area (Å²) in [6.07, 6.45) is 107. The summed E-state index contributed by atoms with van der Waals surface area (Å²) in [5.41, 5.74) is 0. The number of rotatable bonds is 83. The number of hydrogen-bond acceptors (Lipinski definition) is 5. The van der Waals surface area contributed by atoms with Gasteiger partial charge in [-0.25, -0.2) is 0 Å². The lowest BCUT2D eigenvalue weighted by Gasteiger charge is -2.20. The van der Waals surface area contributed by atoms with Crippen LogP contribution in [0.5, 0.6) is 0 Å². The van der Waals surface area contributed by atoms with Gasteiger partial charge in [0, 0.05) is 12.8 Å². The second kappa shape index (κ2) is 83.0. The summed E-state index contributed by atoms with van der Waals surface area (Å²) >= 11 is 0. The van der Waals surface area contributed by atoms with Crippen LogP contribution in [-0.4, -0.2) is 47.4 Å². The molecule has 0 radical (unpaired) electrons. The van der Waals surface area contributed by atoms with Crippen molar-refractivity contribution >= 4 is 11.9 Å². The van der Waals surface area contributed by atoms with Gasteiger partial charge in [-0.3, -0.25) is 9.59 Å². The first-order valence-electron chi connectivity index (χ1n) is 43.5. The van der Waals surface area contributed by atoms with Gasteiger partial charge in [0.25, 0.3) is 0 Å². The monoisotopic (exact) mass is 1310 g/mol. The van der Waals surface area contributed by atoms with Crippen LogP contribution in [0.25, 0.3) is 0 Å². The second-order valence-corrected chi connectivity index (χ2v) is 30.2. The Morgan fingerprint density at radius 2 is 0.495 bits per heavy atom. The Balaban J connectivity index is 3.31. The van der Waals surface area contributed by atoms with Crippen LogP contribution in [0.3, 0.4) is 0 Å². The van der Waals surface area contributed by atoms with Gasteiger partial charge in [-0.15, -0.1) is 0 Å². The smallest absolute Gasteiger partial charge is 0.305 e. The van der Waals surface area contributed by atoms with Crippen LogP contribution in [0.15, 0.2) is 12.2 Å². The van der Waals surface area contributed by atoms with Crippen molar-refractivity contribution in [1.82, 2.24) is 5.32 Å². The lowest BCUT2D eigenvalue weighted by molar-refractivity contribution is -0.143. The highest BCUT2D eigenvalue weighted by Gasteiger charge is 2.18. The highest BCUT2D eigenvalue weighted by molar-refractivity contribution is 5.76. The number of allylic oxidation sites excluding steroid dienone is 1. The molecule has 0 aromatic carbocycles. The molecule has 1 amide bonds. The van der Waals surface area contributed by atoms with E-state index in [4.69, 9.17) is 4.74 Å². The molecule has 0 saturated carbocycles. The van der Waals surface area contributed by atoms with E-state index in [0.717, 1.165) is 38.5 Å². The number of carbonyl (C=O) groups excluding carboxylic acids is 2. The molecule has 0 fully saturated rings. The minimum atomic E-state index is -0.841. The minimum absolute atomic E-state index is 0.0286. The van der Waals surface area contributed by atoms with Crippen molar-refractivity contribution in [2.45, 2.75) is 520 Å². The number of ether oxygens (including phenoxy) is 1. The van der Waals surface area contributed by atoms with Crippen molar-refractivity contribution in [3.8, 4) is 0 Å². The van der Waals surface area contributed by atoms with Crippen LogP contribution >= 0.6 is 0 Å². The summed E-state index contributed by atoms with van der Waals surface area (Å²) in [5.74, 6) is -0.0278. The molecule has 0 aliphatic carbocycles. The SMILES string of the molecule is CCCCCCCCCCCCCCCCCCCCCC/C=C/C(O)C(CO)NC(=O)CCCCCCCCCCCCCCCCCCCCCCCCCCCCCCCCCCCCCCCOC(=O)CCCCCCCCCCCCCCCCCCC. The van der Waals surface area contributed by atoms with Crippen LogP contribution in [0, 0.1) is 0 Å². The molecular formula is C87H171NO5. The maximum Gasteiger partial charge on any atom is 0.305 e. The number of hydrogen-bond donors (Lipinski definition) is 3. The first-order chi connectivity index (χ1) is 46.0. The summed E-state index contributed by atoms with van der Waals surface area (Å²) in [5, 5.41) is 23.3. The second-order valence-electron chi connectivity index (χ2n) is 30.2. The van der Waals surface area contributed by atoms with E-state index < -0.39 is 12.1 Å². The van der Waals surface area contributed by atoms with E-state index in [2.05, 4.69) is 19.2 Å². The van der Waals surface area contributed by atoms with Gasteiger partial charge < -0.3 is 20.3 Å². The van der Waals surface area contributed by atoms with Crippen LogP contribution in [0.2, 0.25) is 0 Å². The minimum Gasteiger partial charge on any atom is -0.466 e. The molecule has 2 unspecified atom stereocenters. The molecule has 0 aliphatic rings. The quantitative estimate of drug-likeness (QED) is 0.0320. The van der Waals surface area contributed by atoms with Crippen molar-refractivity contribution in [3.05, 3.63) is 12.2 Å². The van der Waals surface area contributed by atoms with E-state index >= 15 is 0 Å². The van der Waals surface area contributed by atoms with E-state index in [1.807, 2.05) is 6.08 Å². The molecule has 0 spiro atoms. The Hall–Kier alpha value is -1.40. The number of aliphatic hydroxyl groups is 2. The fourth-order valence-electron chi connectivity index (χ4n) is 14.2. The Labute approximate surface area is 584 Å². The lowest BCUT2D eigenvalue weighted by atomic mass is 10.0. The molecule has 93 heavy (non-hydrogen) atoms. The zero-order chi connectivity index (χ0) is 67.0. The highest BCUT2D eigenvalue weighted by Crippen LogP contribution is 2.21. The molecule has 0 rings (SSSR count). The molecule has 0 aromatic rings. The molecular weight excluding hydrogens is 1140 g/mol. The summed E-state index contributed by atoms with van der Waals surface area (Å²) < 4.78 is 5.52. The van der Waals surface area contributed by atoms with Gasteiger partial charge in [0.1, 0.15) is 0 Å². The van der Waals surface area contributed by atoms with Crippen LogP contribution in [-0.2, 0) is 14.3 Å². The first-order valence-corrected chi connectivity index (χ1v) is 43.5. The lowest BCUT2D eigenvalue weighted by Crippen LogP contribution is -2.45. The van der Waals surface area contributed by atoms with Gasteiger partial charge >= 0.3 is 5.97 Å². The zero-order valence-electron chi connectivity index (χ0n) is 63.8. The van der Waals surface area contributed by atoms with Gasteiger partial charge in [-0.1, -0.05) is 475 Å². The van der Waals surface area contributed by atoms with Crippen molar-refractivity contribution in [2.24, 2.45) is 0 Å². The molecule has 0 saturated heterocycles. The molecule has 0 bridgehead atoms. The average molecular weight is 1310 g/mol. The normalized spacial score (nSPS) is 12.4. The Kier molecular flexibility index (Phi) is 81.8. The molecule has 0 heterocycles. The largest absolute Gasteiger partial charge is 0.466 e. The van der Waals surface area contributed by atoms with E-state index in [9.17, 15) is 19.8 Å². The van der Waals surface area contributed by atoms with Crippen molar-refractivity contribution in [2.75, 3.05) is 13.2 Å². The number of nitrogens with one attached hydrogen (secondary N) is 1. The van der Waals surface area contributed by atoms with E-state index in [1.165, 1.54) is 443 Å². The Morgan fingerprint density at radius 3 is 0.731 bits per heavy atom. The summed E-state index contributed by atoms with van der Waals surface area (Å²) in [6.45, 7) is 4.98. The van der Waals surface area contributed by atoms with Crippen LogP contribution in [0.1, 0.15) is 508 Å². The van der Waals surface area contributed by atoms with Crippen molar-refractivity contribution in [1.29, 1.82) is 0 Å². The number of esters is 1. The van der Waals surface area contributed by atoms with E-state index in [0.29, 0.717) is 19.4 Å². The number of amides is 1. The van der Waals surface area contributed by atoms with Crippen molar-refractivity contribution < 1.29 is 24.5 Å². The third kappa shape index (κ3) is 79.5. The molecule has 6 heteroatoms. The van der Waals surface area contributed by atoms with E-state index in [-0.39, 0.29) is 18.5 Å². The van der Waals surface area contributed by atoms with E-state index in [1.54, 1.807) is 6.08 Å². The maximum absolute atomic E-state index is 12.6. The standard InChI is InChI=1S/C87H171NO5/c1-3-5-7-9-11-13-15-17-19-21-22-23-41-44-48-51-55-59-63-67-71-75-79-85(90)84(83-89)88-86(91)80-76-72-68-64-60-56-52-49-45-42-39-37-35-33-31-29-27-25-24-26-28-30-32-34-36-38-40-43-46-50-54-58-62-66-70-74-78-82-93-87(92)81-77-73-69-65-61-57-53-47-20-18-16-14-12-10-8-6-4-2/h75,79,84-85,89-90H,3-74,76-78,80-83H2,1-2H3,(H,88,91)/b79-75+. The van der Waals surface area contributed by atoms with Crippen LogP contribution < -0.4 is 5.32 Å². The third-order valence-electron chi connectivity index (χ3n) is 20.8. The Morgan fingerprint density at radius 1 is 0.290 bits per heavy atom. The molecule has 554 valence electrons. The summed E-state index contributed by atoms with van der Waals surface area (Å²) in [6, 6.07) is -0.624. The predicted molar refractivity (Wildman–Crippen MR) is 412 cm³/mol. The fraction of sp³-hybridized carbons (Fsp3) is 0.954. The third-order valence-corrected chi connectivity index (χ3v) is 20.8. The van der Waals surface area contributed by atoms with Crippen molar-refractivity contribution in [3.63, 3.8) is 0 Å². The highest BCUT2D eigenvalue weighted by atomic mass is 16.5. The molecule has 2 atom stereocenters. The maximum atomic E-state index is 12.6. The van der Waals surface area contributed by atoms with Gasteiger partial charge in [0.2, 0.25) is 5.91 Å².